The molecule has 0 aromatic heterocycles. The third kappa shape index (κ3) is 3.60. The van der Waals surface area contributed by atoms with Gasteiger partial charge in [-0.05, 0) is 43.0 Å². The fourth-order valence-electron chi connectivity index (χ4n) is 2.87. The summed E-state index contributed by atoms with van der Waals surface area (Å²) in [6.07, 6.45) is 3.32. The van der Waals surface area contributed by atoms with Crippen LogP contribution in [0.3, 0.4) is 0 Å². The molecular formula is C18H22N2S. The van der Waals surface area contributed by atoms with E-state index in [-0.39, 0.29) is 0 Å². The molecule has 1 aliphatic heterocycles. The molecular weight excluding hydrogens is 276 g/mol. The number of rotatable bonds is 3. The Bertz CT molecular complexity index is 570. The second-order valence-corrected chi connectivity index (χ2v) is 6.30. The van der Waals surface area contributed by atoms with Crippen molar-refractivity contribution in [3.63, 3.8) is 0 Å². The Balaban J connectivity index is 1.81. The number of thioether (sulfide) groups is 1. The average molecular weight is 298 g/mol. The van der Waals surface area contributed by atoms with Gasteiger partial charge in [0.05, 0.1) is 0 Å². The largest absolute Gasteiger partial charge is 0.370 e. The molecule has 0 bridgehead atoms. The lowest BCUT2D eigenvalue weighted by molar-refractivity contribution is 0.570. The van der Waals surface area contributed by atoms with Gasteiger partial charge in [-0.25, -0.2) is 0 Å². The van der Waals surface area contributed by atoms with Gasteiger partial charge in [-0.15, -0.1) is 11.8 Å². The van der Waals surface area contributed by atoms with Crippen molar-refractivity contribution in [2.75, 3.05) is 30.8 Å². The first-order valence-corrected chi connectivity index (χ1v) is 8.76. The van der Waals surface area contributed by atoms with Gasteiger partial charge in [0.15, 0.2) is 0 Å². The molecule has 0 radical (unpaired) electrons. The van der Waals surface area contributed by atoms with Crippen molar-refractivity contribution in [2.24, 2.45) is 0 Å². The van der Waals surface area contributed by atoms with Crippen molar-refractivity contribution in [1.29, 1.82) is 0 Å². The summed E-state index contributed by atoms with van der Waals surface area (Å²) in [5.41, 5.74) is 2.72. The summed E-state index contributed by atoms with van der Waals surface area (Å²) in [6, 6.07) is 20.1. The highest BCUT2D eigenvalue weighted by Gasteiger charge is 2.19. The lowest BCUT2D eigenvalue weighted by Gasteiger charge is -2.27. The summed E-state index contributed by atoms with van der Waals surface area (Å²) >= 11 is 1.81. The molecule has 0 spiro atoms. The van der Waals surface area contributed by atoms with Crippen molar-refractivity contribution >= 4 is 17.4 Å². The van der Waals surface area contributed by atoms with E-state index in [2.05, 4.69) is 71.1 Å². The Morgan fingerprint density at radius 2 is 1.95 bits per heavy atom. The van der Waals surface area contributed by atoms with Crippen LogP contribution < -0.4 is 10.2 Å². The fraction of sp³-hybridized carbons (Fsp3) is 0.333. The predicted octanol–water partition coefficient (Wildman–Crippen LogP) is 3.95. The first-order valence-electron chi connectivity index (χ1n) is 7.54. The third-order valence-electron chi connectivity index (χ3n) is 4.02. The summed E-state index contributed by atoms with van der Waals surface area (Å²) in [5, 5.41) is 3.68. The number of hydrogen-bond acceptors (Lipinski definition) is 3. The van der Waals surface area contributed by atoms with Crippen molar-refractivity contribution in [3.05, 3.63) is 60.2 Å². The minimum Gasteiger partial charge on any atom is -0.370 e. The second kappa shape index (κ2) is 7.01. The van der Waals surface area contributed by atoms with E-state index in [1.807, 2.05) is 11.8 Å². The Kier molecular flexibility index (Phi) is 4.84. The number of hydrogen-bond donors (Lipinski definition) is 1. The van der Waals surface area contributed by atoms with Crippen molar-refractivity contribution in [2.45, 2.75) is 17.4 Å². The summed E-state index contributed by atoms with van der Waals surface area (Å²) in [4.78, 5) is 3.85. The minimum absolute atomic E-state index is 0.409. The second-order valence-electron chi connectivity index (χ2n) is 5.42. The first kappa shape index (κ1) is 14.5. The van der Waals surface area contributed by atoms with Gasteiger partial charge in [-0.1, -0.05) is 36.4 Å². The van der Waals surface area contributed by atoms with Gasteiger partial charge in [0.25, 0.3) is 0 Å². The molecule has 1 atom stereocenters. The molecule has 2 aromatic carbocycles. The summed E-state index contributed by atoms with van der Waals surface area (Å²) < 4.78 is 0. The smallest absolute Gasteiger partial charge is 0.0498 e. The van der Waals surface area contributed by atoms with Gasteiger partial charge in [0.2, 0.25) is 0 Å². The van der Waals surface area contributed by atoms with E-state index in [1.165, 1.54) is 22.6 Å². The maximum Gasteiger partial charge on any atom is 0.0498 e. The van der Waals surface area contributed by atoms with Crippen LogP contribution in [-0.4, -0.2) is 25.9 Å². The van der Waals surface area contributed by atoms with Gasteiger partial charge in [0, 0.05) is 29.7 Å². The van der Waals surface area contributed by atoms with Crippen LogP contribution in [0.4, 0.5) is 5.69 Å². The van der Waals surface area contributed by atoms with E-state index in [0.717, 1.165) is 19.6 Å². The molecule has 1 fully saturated rings. The van der Waals surface area contributed by atoms with Crippen molar-refractivity contribution < 1.29 is 0 Å². The average Bonchev–Trinajstić information content (AvgIpc) is 2.82. The monoisotopic (exact) mass is 298 g/mol. The van der Waals surface area contributed by atoms with Crippen LogP contribution in [0, 0.1) is 0 Å². The Morgan fingerprint density at radius 1 is 1.10 bits per heavy atom. The van der Waals surface area contributed by atoms with Gasteiger partial charge in [0.1, 0.15) is 0 Å². The summed E-state index contributed by atoms with van der Waals surface area (Å²) in [5.74, 6) is 0. The van der Waals surface area contributed by atoms with Crippen LogP contribution in [0.1, 0.15) is 18.0 Å². The van der Waals surface area contributed by atoms with E-state index in [0.29, 0.717) is 6.04 Å². The number of nitrogens with zero attached hydrogens (tertiary/aromatic N) is 1. The van der Waals surface area contributed by atoms with Crippen LogP contribution >= 0.6 is 11.8 Å². The van der Waals surface area contributed by atoms with E-state index in [1.54, 1.807) is 0 Å². The highest BCUT2D eigenvalue weighted by atomic mass is 32.2. The van der Waals surface area contributed by atoms with Gasteiger partial charge in [-0.3, -0.25) is 0 Å². The normalized spacial score (nSPS) is 19.3. The van der Waals surface area contributed by atoms with Gasteiger partial charge >= 0.3 is 0 Å². The van der Waals surface area contributed by atoms with Crippen LogP contribution in [0.5, 0.6) is 0 Å². The molecule has 0 saturated carbocycles. The molecule has 21 heavy (non-hydrogen) atoms. The highest BCUT2D eigenvalue weighted by Crippen LogP contribution is 2.25. The zero-order chi connectivity index (χ0) is 14.5. The van der Waals surface area contributed by atoms with Crippen LogP contribution in [0.2, 0.25) is 0 Å². The predicted molar refractivity (Wildman–Crippen MR) is 92.2 cm³/mol. The first-order chi connectivity index (χ1) is 10.4. The van der Waals surface area contributed by atoms with E-state index in [9.17, 15) is 0 Å². The Labute approximate surface area is 131 Å². The molecule has 3 rings (SSSR count). The Morgan fingerprint density at radius 3 is 2.76 bits per heavy atom. The van der Waals surface area contributed by atoms with Gasteiger partial charge < -0.3 is 10.2 Å². The number of nitrogens with one attached hydrogen (secondary N) is 1. The molecule has 0 amide bonds. The molecule has 3 heteroatoms. The summed E-state index contributed by atoms with van der Waals surface area (Å²) in [7, 11) is 0. The minimum atomic E-state index is 0.409. The molecule has 1 N–H and O–H groups in total. The quantitative estimate of drug-likeness (QED) is 0.864. The lowest BCUT2D eigenvalue weighted by atomic mass is 10.1. The topological polar surface area (TPSA) is 15.3 Å². The third-order valence-corrected chi connectivity index (χ3v) is 4.74. The highest BCUT2D eigenvalue weighted by molar-refractivity contribution is 7.98. The molecule has 1 aliphatic rings. The van der Waals surface area contributed by atoms with E-state index in [4.69, 9.17) is 0 Å². The van der Waals surface area contributed by atoms with Crippen LogP contribution in [-0.2, 0) is 0 Å². The fourth-order valence-corrected chi connectivity index (χ4v) is 3.33. The molecule has 110 valence electrons. The molecule has 1 unspecified atom stereocenters. The van der Waals surface area contributed by atoms with Crippen LogP contribution in [0.15, 0.2) is 59.5 Å². The zero-order valence-electron chi connectivity index (χ0n) is 12.5. The number of anilines is 1. The zero-order valence-corrected chi connectivity index (χ0v) is 13.3. The molecule has 0 aliphatic carbocycles. The molecule has 2 nitrogen and oxygen atoms in total. The van der Waals surface area contributed by atoms with Crippen molar-refractivity contribution in [3.8, 4) is 0 Å². The van der Waals surface area contributed by atoms with E-state index >= 15 is 0 Å². The molecule has 1 saturated heterocycles. The molecule has 1 heterocycles. The summed E-state index contributed by atoms with van der Waals surface area (Å²) in [6.45, 7) is 3.23. The maximum atomic E-state index is 3.68. The lowest BCUT2D eigenvalue weighted by Crippen LogP contribution is -2.31. The maximum absolute atomic E-state index is 3.68. The Hall–Kier alpha value is -1.45. The van der Waals surface area contributed by atoms with E-state index < -0.39 is 0 Å². The standard InChI is InChI=1S/C18H22N2S/c1-21-17-10-5-9-16(13-17)20-12-6-11-19-18(14-20)15-7-3-2-4-8-15/h2-5,7-10,13,18-19H,6,11-12,14H2,1H3. The van der Waals surface area contributed by atoms with Gasteiger partial charge in [-0.2, -0.15) is 0 Å². The van der Waals surface area contributed by atoms with Crippen molar-refractivity contribution in [1.82, 2.24) is 5.32 Å². The SMILES string of the molecule is CSc1cccc(N2CCCNC(c3ccccc3)C2)c1. The van der Waals surface area contributed by atoms with Crippen LogP contribution in [0.25, 0.3) is 0 Å². The molecule has 2 aromatic rings. The number of benzene rings is 2.